The van der Waals surface area contributed by atoms with Crippen molar-refractivity contribution in [2.24, 2.45) is 0 Å². The van der Waals surface area contributed by atoms with Crippen LogP contribution >= 0.6 is 0 Å². The Morgan fingerprint density at radius 3 is 3.00 bits per heavy atom. The lowest BCUT2D eigenvalue weighted by atomic mass is 10.2. The number of carbonyl (C=O) groups excluding carboxylic acids is 1. The van der Waals surface area contributed by atoms with E-state index in [0.29, 0.717) is 6.61 Å². The summed E-state index contributed by atoms with van der Waals surface area (Å²) in [6.45, 7) is 5.81. The van der Waals surface area contributed by atoms with E-state index in [4.69, 9.17) is 9.47 Å². The van der Waals surface area contributed by atoms with Gasteiger partial charge in [-0.25, -0.2) is 0 Å². The Hall–Kier alpha value is -1.50. The van der Waals surface area contributed by atoms with Crippen LogP contribution < -0.4 is 0 Å². The van der Waals surface area contributed by atoms with Gasteiger partial charge in [0.2, 0.25) is 5.91 Å². The van der Waals surface area contributed by atoms with Gasteiger partial charge >= 0.3 is 0 Å². The molecule has 3 heterocycles. The molecule has 2 fully saturated rings. The molecule has 0 bridgehead atoms. The molecule has 1 unspecified atom stereocenters. The molecule has 0 N–H and O–H groups in total. The smallest absolute Gasteiger partial charge is 0.248 e. The van der Waals surface area contributed by atoms with Gasteiger partial charge in [-0.2, -0.15) is 0 Å². The number of pyridine rings is 1. The molecule has 6 heteroatoms. The van der Waals surface area contributed by atoms with Crippen molar-refractivity contribution in [1.82, 2.24) is 14.8 Å². The molecule has 0 aromatic carbocycles. The summed E-state index contributed by atoms with van der Waals surface area (Å²) in [5.41, 5.74) is 1.08. The maximum atomic E-state index is 12.3. The van der Waals surface area contributed by atoms with Crippen molar-refractivity contribution in [3.8, 4) is 0 Å². The summed E-state index contributed by atoms with van der Waals surface area (Å²) in [6.07, 6.45) is 5.13. The first-order valence-electron chi connectivity index (χ1n) is 8.90. The van der Waals surface area contributed by atoms with E-state index in [1.54, 1.807) is 0 Å². The van der Waals surface area contributed by atoms with Gasteiger partial charge in [0.05, 0.1) is 18.4 Å². The third kappa shape index (κ3) is 5.26. The Morgan fingerprint density at radius 1 is 1.25 bits per heavy atom. The first-order chi connectivity index (χ1) is 11.8. The number of ether oxygens (including phenoxy) is 2. The largest absolute Gasteiger partial charge is 0.376 e. The summed E-state index contributed by atoms with van der Waals surface area (Å²) in [4.78, 5) is 21.0. The molecule has 6 nitrogen and oxygen atoms in total. The summed E-state index contributed by atoms with van der Waals surface area (Å²) in [7, 11) is 0. The molecule has 0 spiro atoms. The van der Waals surface area contributed by atoms with Crippen LogP contribution in [0.4, 0.5) is 0 Å². The fourth-order valence-corrected chi connectivity index (χ4v) is 3.24. The molecule has 1 aromatic heterocycles. The molecule has 0 aliphatic carbocycles. The van der Waals surface area contributed by atoms with Crippen molar-refractivity contribution in [3.05, 3.63) is 30.1 Å². The molecule has 1 atom stereocenters. The fraction of sp³-hybridized carbons (Fsp3) is 0.667. The molecule has 2 aliphatic rings. The molecule has 1 amide bonds. The average molecular weight is 333 g/mol. The lowest BCUT2D eigenvalue weighted by Gasteiger charge is -2.22. The monoisotopic (exact) mass is 333 g/mol. The standard InChI is InChI=1S/C18H27N3O3/c22-18(15-23-14-17-6-3-12-24-17)21-9-4-8-20(10-11-21)13-16-5-1-2-7-19-16/h1-2,5,7,17H,3-4,6,8-15H2. The van der Waals surface area contributed by atoms with Gasteiger partial charge in [-0.1, -0.05) is 6.07 Å². The van der Waals surface area contributed by atoms with E-state index in [9.17, 15) is 4.79 Å². The summed E-state index contributed by atoms with van der Waals surface area (Å²) in [6, 6.07) is 6.00. The highest BCUT2D eigenvalue weighted by atomic mass is 16.5. The summed E-state index contributed by atoms with van der Waals surface area (Å²) in [5, 5.41) is 0. The molecule has 0 saturated carbocycles. The Morgan fingerprint density at radius 2 is 2.21 bits per heavy atom. The van der Waals surface area contributed by atoms with Crippen molar-refractivity contribution < 1.29 is 14.3 Å². The predicted molar refractivity (Wildman–Crippen MR) is 90.5 cm³/mol. The van der Waals surface area contributed by atoms with Crippen LogP contribution in [0.15, 0.2) is 24.4 Å². The lowest BCUT2D eigenvalue weighted by molar-refractivity contribution is -0.137. The maximum Gasteiger partial charge on any atom is 0.248 e. The second-order valence-corrected chi connectivity index (χ2v) is 6.48. The number of amides is 1. The van der Waals surface area contributed by atoms with Gasteiger partial charge in [-0.3, -0.25) is 14.7 Å². The number of aromatic nitrogens is 1. The Kier molecular flexibility index (Phi) is 6.57. The van der Waals surface area contributed by atoms with Crippen LogP contribution in [0.5, 0.6) is 0 Å². The highest BCUT2D eigenvalue weighted by Crippen LogP contribution is 2.12. The van der Waals surface area contributed by atoms with Crippen molar-refractivity contribution >= 4 is 5.91 Å². The molecule has 2 saturated heterocycles. The van der Waals surface area contributed by atoms with Crippen molar-refractivity contribution in [1.29, 1.82) is 0 Å². The van der Waals surface area contributed by atoms with Gasteiger partial charge in [-0.05, 0) is 31.4 Å². The number of nitrogens with zero attached hydrogens (tertiary/aromatic N) is 3. The fourth-order valence-electron chi connectivity index (χ4n) is 3.24. The average Bonchev–Trinajstić information content (AvgIpc) is 3.01. The lowest BCUT2D eigenvalue weighted by Crippen LogP contribution is -2.37. The van der Waals surface area contributed by atoms with Gasteiger partial charge in [0.25, 0.3) is 0 Å². The second kappa shape index (κ2) is 9.11. The number of hydrogen-bond acceptors (Lipinski definition) is 5. The maximum absolute atomic E-state index is 12.3. The van der Waals surface area contributed by atoms with E-state index in [2.05, 4.69) is 9.88 Å². The van der Waals surface area contributed by atoms with Gasteiger partial charge in [0.1, 0.15) is 6.61 Å². The predicted octanol–water partition coefficient (Wildman–Crippen LogP) is 1.31. The van der Waals surface area contributed by atoms with Crippen molar-refractivity contribution in [2.75, 3.05) is 46.0 Å². The van der Waals surface area contributed by atoms with Gasteiger partial charge < -0.3 is 14.4 Å². The molecule has 132 valence electrons. The van der Waals surface area contributed by atoms with E-state index in [-0.39, 0.29) is 18.6 Å². The quantitative estimate of drug-likeness (QED) is 0.786. The Bertz CT molecular complexity index is 505. The zero-order valence-corrected chi connectivity index (χ0v) is 14.2. The minimum Gasteiger partial charge on any atom is -0.376 e. The van der Waals surface area contributed by atoms with Crippen LogP contribution in [0.1, 0.15) is 25.0 Å². The van der Waals surface area contributed by atoms with E-state index in [1.807, 2.05) is 29.3 Å². The molecular weight excluding hydrogens is 306 g/mol. The van der Waals surface area contributed by atoms with Gasteiger partial charge in [0.15, 0.2) is 0 Å². The minimum atomic E-state index is 0.0904. The van der Waals surface area contributed by atoms with E-state index >= 15 is 0 Å². The summed E-state index contributed by atoms with van der Waals surface area (Å²) in [5.74, 6) is 0.0904. The minimum absolute atomic E-state index is 0.0904. The molecule has 0 radical (unpaired) electrons. The Labute approximate surface area is 143 Å². The number of hydrogen-bond donors (Lipinski definition) is 0. The zero-order valence-electron chi connectivity index (χ0n) is 14.2. The third-order valence-electron chi connectivity index (χ3n) is 4.61. The second-order valence-electron chi connectivity index (χ2n) is 6.48. The molecule has 24 heavy (non-hydrogen) atoms. The van der Waals surface area contributed by atoms with Crippen LogP contribution in [-0.2, 0) is 20.8 Å². The van der Waals surface area contributed by atoms with Gasteiger partial charge in [0, 0.05) is 45.5 Å². The molecular formula is C18H27N3O3. The molecule has 1 aromatic rings. The number of rotatable bonds is 6. The SMILES string of the molecule is O=C(COCC1CCCO1)N1CCCN(Cc2ccccn2)CC1. The highest BCUT2D eigenvalue weighted by molar-refractivity contribution is 5.77. The first-order valence-corrected chi connectivity index (χ1v) is 8.90. The topological polar surface area (TPSA) is 54.9 Å². The molecule has 3 rings (SSSR count). The summed E-state index contributed by atoms with van der Waals surface area (Å²) >= 11 is 0. The van der Waals surface area contributed by atoms with E-state index in [1.165, 1.54) is 0 Å². The Balaban J connectivity index is 1.38. The van der Waals surface area contributed by atoms with E-state index in [0.717, 1.165) is 64.3 Å². The van der Waals surface area contributed by atoms with Crippen LogP contribution in [0.25, 0.3) is 0 Å². The van der Waals surface area contributed by atoms with Crippen LogP contribution in [0.3, 0.4) is 0 Å². The van der Waals surface area contributed by atoms with Crippen LogP contribution in [-0.4, -0.2) is 72.8 Å². The van der Waals surface area contributed by atoms with Crippen molar-refractivity contribution in [3.63, 3.8) is 0 Å². The highest BCUT2D eigenvalue weighted by Gasteiger charge is 2.21. The van der Waals surface area contributed by atoms with Crippen molar-refractivity contribution in [2.45, 2.75) is 31.9 Å². The molecule has 2 aliphatic heterocycles. The third-order valence-corrected chi connectivity index (χ3v) is 4.61. The van der Waals surface area contributed by atoms with Crippen LogP contribution in [0, 0.1) is 0 Å². The van der Waals surface area contributed by atoms with E-state index < -0.39 is 0 Å². The van der Waals surface area contributed by atoms with Gasteiger partial charge in [-0.15, -0.1) is 0 Å². The zero-order chi connectivity index (χ0) is 16.6. The summed E-state index contributed by atoms with van der Waals surface area (Å²) < 4.78 is 11.1. The number of carbonyl (C=O) groups is 1. The first kappa shape index (κ1) is 17.3. The van der Waals surface area contributed by atoms with Crippen LogP contribution in [0.2, 0.25) is 0 Å². The normalized spacial score (nSPS) is 22.5.